The van der Waals surface area contributed by atoms with Crippen LogP contribution in [0.3, 0.4) is 0 Å². The highest BCUT2D eigenvalue weighted by Gasteiger charge is 2.27. The summed E-state index contributed by atoms with van der Waals surface area (Å²) in [6.45, 7) is 9.71. The molecular weight excluding hydrogens is 244 g/mol. The van der Waals surface area contributed by atoms with E-state index in [1.807, 2.05) is 6.92 Å². The third-order valence-electron chi connectivity index (χ3n) is 3.63. The largest absolute Gasteiger partial charge is 0.396 e. The molecular formula is C14H28N2O3. The summed E-state index contributed by atoms with van der Waals surface area (Å²) in [4.78, 5) is 14.2. The van der Waals surface area contributed by atoms with Crippen LogP contribution in [0.2, 0.25) is 0 Å². The van der Waals surface area contributed by atoms with Crippen LogP contribution in [0.25, 0.3) is 0 Å². The van der Waals surface area contributed by atoms with E-state index in [9.17, 15) is 9.90 Å². The van der Waals surface area contributed by atoms with Crippen molar-refractivity contribution in [3.05, 3.63) is 0 Å². The van der Waals surface area contributed by atoms with Crippen LogP contribution in [-0.4, -0.2) is 60.9 Å². The fourth-order valence-corrected chi connectivity index (χ4v) is 2.47. The van der Waals surface area contributed by atoms with Gasteiger partial charge in [-0.05, 0) is 46.1 Å². The molecule has 0 bridgehead atoms. The van der Waals surface area contributed by atoms with Crippen molar-refractivity contribution in [1.29, 1.82) is 0 Å². The number of aliphatic hydroxyl groups excluding tert-OH is 1. The van der Waals surface area contributed by atoms with Gasteiger partial charge in [0.05, 0.1) is 0 Å². The number of nitrogens with one attached hydrogen (secondary N) is 1. The van der Waals surface area contributed by atoms with Crippen molar-refractivity contribution in [3.8, 4) is 0 Å². The summed E-state index contributed by atoms with van der Waals surface area (Å²) in [5, 5.41) is 12.1. The first-order valence-electron chi connectivity index (χ1n) is 7.25. The molecule has 1 atom stereocenters. The number of aliphatic hydroxyl groups is 1. The number of hydrogen-bond donors (Lipinski definition) is 2. The van der Waals surface area contributed by atoms with Crippen LogP contribution in [0.15, 0.2) is 0 Å². The second kappa shape index (κ2) is 7.82. The summed E-state index contributed by atoms with van der Waals surface area (Å²) >= 11 is 0. The molecule has 0 aromatic rings. The molecule has 1 aliphatic rings. The molecule has 112 valence electrons. The minimum atomic E-state index is -0.760. The van der Waals surface area contributed by atoms with Crippen LogP contribution in [-0.2, 0) is 9.53 Å². The topological polar surface area (TPSA) is 61.8 Å². The Bertz CT molecular complexity index is 282. The van der Waals surface area contributed by atoms with Gasteiger partial charge >= 0.3 is 0 Å². The van der Waals surface area contributed by atoms with Gasteiger partial charge in [-0.3, -0.25) is 4.79 Å². The van der Waals surface area contributed by atoms with Crippen molar-refractivity contribution in [2.75, 3.05) is 39.4 Å². The lowest BCUT2D eigenvalue weighted by molar-refractivity contribution is -0.142. The highest BCUT2D eigenvalue weighted by Crippen LogP contribution is 2.15. The average Bonchev–Trinajstić information content (AvgIpc) is 2.38. The maximum atomic E-state index is 11.9. The molecule has 1 rings (SSSR count). The van der Waals surface area contributed by atoms with Gasteiger partial charge in [0.15, 0.2) is 0 Å². The molecule has 0 saturated carbocycles. The third kappa shape index (κ3) is 5.47. The Hall–Kier alpha value is -0.650. The van der Waals surface area contributed by atoms with Crippen LogP contribution < -0.4 is 5.32 Å². The Kier molecular flexibility index (Phi) is 6.75. The van der Waals surface area contributed by atoms with Crippen LogP contribution in [0.1, 0.15) is 33.6 Å². The number of likely N-dealkylation sites (tertiary alicyclic amines) is 1. The second-order valence-corrected chi connectivity index (χ2v) is 5.69. The Morgan fingerprint density at radius 1 is 1.53 bits per heavy atom. The van der Waals surface area contributed by atoms with Gasteiger partial charge in [0, 0.05) is 32.8 Å². The summed E-state index contributed by atoms with van der Waals surface area (Å²) in [5.74, 6) is 0.328. The molecule has 19 heavy (non-hydrogen) atoms. The van der Waals surface area contributed by atoms with Crippen LogP contribution in [0, 0.1) is 5.92 Å². The SMILES string of the molecule is CCOC(C)(C)C(=O)NCCN1CCCC(CO)C1. The van der Waals surface area contributed by atoms with Gasteiger partial charge < -0.3 is 20.1 Å². The van der Waals surface area contributed by atoms with Crippen molar-refractivity contribution in [2.45, 2.75) is 39.2 Å². The van der Waals surface area contributed by atoms with Gasteiger partial charge in [-0.1, -0.05) is 0 Å². The molecule has 0 aromatic carbocycles. The average molecular weight is 272 g/mol. The van der Waals surface area contributed by atoms with Gasteiger partial charge in [-0.2, -0.15) is 0 Å². The lowest BCUT2D eigenvalue weighted by Crippen LogP contribution is -2.47. The van der Waals surface area contributed by atoms with Gasteiger partial charge in [0.2, 0.25) is 0 Å². The predicted octanol–water partition coefficient (Wildman–Crippen LogP) is 0.622. The molecule has 1 aliphatic heterocycles. The second-order valence-electron chi connectivity index (χ2n) is 5.69. The first-order valence-corrected chi connectivity index (χ1v) is 7.25. The molecule has 0 aliphatic carbocycles. The zero-order valence-corrected chi connectivity index (χ0v) is 12.4. The molecule has 0 spiro atoms. The number of ether oxygens (including phenoxy) is 1. The third-order valence-corrected chi connectivity index (χ3v) is 3.63. The Labute approximate surface area is 116 Å². The summed E-state index contributed by atoms with van der Waals surface area (Å²) < 4.78 is 5.41. The van der Waals surface area contributed by atoms with Crippen molar-refractivity contribution in [1.82, 2.24) is 10.2 Å². The van der Waals surface area contributed by atoms with Crippen LogP contribution >= 0.6 is 0 Å². The number of piperidine rings is 1. The molecule has 5 heteroatoms. The van der Waals surface area contributed by atoms with E-state index in [2.05, 4.69) is 10.2 Å². The van der Waals surface area contributed by atoms with Crippen LogP contribution in [0.4, 0.5) is 0 Å². The van der Waals surface area contributed by atoms with E-state index in [1.165, 1.54) is 0 Å². The van der Waals surface area contributed by atoms with Crippen molar-refractivity contribution < 1.29 is 14.6 Å². The van der Waals surface area contributed by atoms with Crippen molar-refractivity contribution in [3.63, 3.8) is 0 Å². The summed E-state index contributed by atoms with van der Waals surface area (Å²) in [6, 6.07) is 0. The quantitative estimate of drug-likeness (QED) is 0.713. The highest BCUT2D eigenvalue weighted by molar-refractivity contribution is 5.84. The first-order chi connectivity index (χ1) is 8.99. The van der Waals surface area contributed by atoms with Gasteiger partial charge in [-0.15, -0.1) is 0 Å². The minimum Gasteiger partial charge on any atom is -0.396 e. The predicted molar refractivity (Wildman–Crippen MR) is 75.0 cm³/mol. The molecule has 5 nitrogen and oxygen atoms in total. The lowest BCUT2D eigenvalue weighted by atomic mass is 9.99. The summed E-state index contributed by atoms with van der Waals surface area (Å²) in [7, 11) is 0. The fraction of sp³-hybridized carbons (Fsp3) is 0.929. The maximum Gasteiger partial charge on any atom is 0.251 e. The van der Waals surface area contributed by atoms with Crippen molar-refractivity contribution >= 4 is 5.91 Å². The Morgan fingerprint density at radius 3 is 2.89 bits per heavy atom. The lowest BCUT2D eigenvalue weighted by Gasteiger charge is -2.32. The number of amides is 1. The van der Waals surface area contributed by atoms with E-state index in [-0.39, 0.29) is 12.5 Å². The smallest absolute Gasteiger partial charge is 0.251 e. The number of rotatable bonds is 7. The zero-order chi connectivity index (χ0) is 14.3. The monoisotopic (exact) mass is 272 g/mol. The zero-order valence-electron chi connectivity index (χ0n) is 12.4. The molecule has 1 unspecified atom stereocenters. The van der Waals surface area contributed by atoms with E-state index in [0.29, 0.717) is 19.1 Å². The van der Waals surface area contributed by atoms with Gasteiger partial charge in [0.1, 0.15) is 5.60 Å². The number of hydrogen-bond acceptors (Lipinski definition) is 4. The molecule has 1 saturated heterocycles. The molecule has 1 heterocycles. The standard InChI is InChI=1S/C14H28N2O3/c1-4-19-14(2,3)13(18)15-7-9-16-8-5-6-12(10-16)11-17/h12,17H,4-11H2,1-3H3,(H,15,18). The molecule has 1 amide bonds. The molecule has 0 aromatic heterocycles. The van der Waals surface area contributed by atoms with E-state index in [4.69, 9.17) is 4.74 Å². The van der Waals surface area contributed by atoms with E-state index in [0.717, 1.165) is 32.5 Å². The first kappa shape index (κ1) is 16.4. The van der Waals surface area contributed by atoms with E-state index >= 15 is 0 Å². The summed E-state index contributed by atoms with van der Waals surface area (Å²) in [5.41, 5.74) is -0.760. The maximum absolute atomic E-state index is 11.9. The van der Waals surface area contributed by atoms with E-state index in [1.54, 1.807) is 13.8 Å². The van der Waals surface area contributed by atoms with Crippen molar-refractivity contribution in [2.24, 2.45) is 5.92 Å². The minimum absolute atomic E-state index is 0.0648. The Morgan fingerprint density at radius 2 is 2.26 bits per heavy atom. The number of carbonyl (C=O) groups excluding carboxylic acids is 1. The Balaban J connectivity index is 2.24. The normalized spacial score (nSPS) is 21.4. The van der Waals surface area contributed by atoms with Gasteiger partial charge in [-0.25, -0.2) is 0 Å². The van der Waals surface area contributed by atoms with E-state index < -0.39 is 5.60 Å². The highest BCUT2D eigenvalue weighted by atomic mass is 16.5. The molecule has 0 radical (unpaired) electrons. The molecule has 1 fully saturated rings. The number of nitrogens with zero attached hydrogens (tertiary/aromatic N) is 1. The van der Waals surface area contributed by atoms with Crippen LogP contribution in [0.5, 0.6) is 0 Å². The van der Waals surface area contributed by atoms with Gasteiger partial charge in [0.25, 0.3) is 5.91 Å². The number of carbonyl (C=O) groups is 1. The summed E-state index contributed by atoms with van der Waals surface area (Å²) in [6.07, 6.45) is 2.24. The molecule has 2 N–H and O–H groups in total. The fourth-order valence-electron chi connectivity index (χ4n) is 2.47.